The molecule has 1 aliphatic rings. The predicted octanol–water partition coefficient (Wildman–Crippen LogP) is 4.38. The van der Waals surface area contributed by atoms with E-state index in [2.05, 4.69) is 60.8 Å². The van der Waals surface area contributed by atoms with E-state index in [0.717, 1.165) is 25.4 Å². The number of piperidine rings is 1. The zero-order chi connectivity index (χ0) is 13.8. The fraction of sp³-hybridized carbons (Fsp3) is 0.368. The molecule has 2 aromatic carbocycles. The van der Waals surface area contributed by atoms with E-state index < -0.39 is 0 Å². The monoisotopic (exact) mass is 265 g/mol. The first-order valence-corrected chi connectivity index (χ1v) is 7.77. The molecule has 1 N–H and O–H groups in total. The molecule has 0 atom stereocenters. The molecule has 0 unspecified atom stereocenters. The van der Waals surface area contributed by atoms with Crippen LogP contribution in [0.2, 0.25) is 0 Å². The van der Waals surface area contributed by atoms with Crippen LogP contribution < -0.4 is 5.32 Å². The van der Waals surface area contributed by atoms with Gasteiger partial charge in [0.2, 0.25) is 0 Å². The summed E-state index contributed by atoms with van der Waals surface area (Å²) in [6.45, 7) is 4.51. The van der Waals surface area contributed by atoms with Gasteiger partial charge in [-0.05, 0) is 60.5 Å². The molecule has 0 spiro atoms. The van der Waals surface area contributed by atoms with Crippen LogP contribution in [0.3, 0.4) is 0 Å². The van der Waals surface area contributed by atoms with E-state index in [0.29, 0.717) is 0 Å². The first kappa shape index (κ1) is 13.4. The minimum Gasteiger partial charge on any atom is -0.317 e. The van der Waals surface area contributed by atoms with Crippen molar-refractivity contribution in [2.45, 2.75) is 32.1 Å². The topological polar surface area (TPSA) is 12.0 Å². The smallest absolute Gasteiger partial charge is 0.00431 e. The zero-order valence-electron chi connectivity index (χ0n) is 12.2. The van der Waals surface area contributed by atoms with Crippen molar-refractivity contribution in [1.29, 1.82) is 0 Å². The summed E-state index contributed by atoms with van der Waals surface area (Å²) in [6.07, 6.45) is 3.63. The third-order valence-electron chi connectivity index (χ3n) is 4.39. The van der Waals surface area contributed by atoms with Gasteiger partial charge in [-0.1, -0.05) is 55.5 Å². The van der Waals surface area contributed by atoms with Gasteiger partial charge in [-0.2, -0.15) is 0 Å². The fourth-order valence-corrected chi connectivity index (χ4v) is 3.06. The SMILES string of the molecule is CCc1ccc(-c2cccc(C3CCNCC3)c2)cc1. The highest BCUT2D eigenvalue weighted by atomic mass is 14.9. The zero-order valence-corrected chi connectivity index (χ0v) is 12.2. The first-order chi connectivity index (χ1) is 9.86. The van der Waals surface area contributed by atoms with Crippen molar-refractivity contribution in [3.63, 3.8) is 0 Å². The molecule has 104 valence electrons. The third kappa shape index (κ3) is 2.94. The second-order valence-electron chi connectivity index (χ2n) is 5.70. The highest BCUT2D eigenvalue weighted by Crippen LogP contribution is 2.29. The molecule has 20 heavy (non-hydrogen) atoms. The van der Waals surface area contributed by atoms with Crippen molar-refractivity contribution in [3.05, 3.63) is 59.7 Å². The predicted molar refractivity (Wildman–Crippen MR) is 86.1 cm³/mol. The number of hydrogen-bond acceptors (Lipinski definition) is 1. The van der Waals surface area contributed by atoms with Gasteiger partial charge in [0, 0.05) is 0 Å². The molecule has 1 aliphatic heterocycles. The molecule has 3 rings (SSSR count). The van der Waals surface area contributed by atoms with Crippen LogP contribution in [0.5, 0.6) is 0 Å². The Morgan fingerprint density at radius 3 is 2.40 bits per heavy atom. The molecule has 0 aromatic heterocycles. The maximum Gasteiger partial charge on any atom is -0.00431 e. The largest absolute Gasteiger partial charge is 0.317 e. The Bertz CT molecular complexity index is 550. The van der Waals surface area contributed by atoms with Crippen LogP contribution in [0.25, 0.3) is 11.1 Å². The van der Waals surface area contributed by atoms with Gasteiger partial charge in [-0.15, -0.1) is 0 Å². The maximum absolute atomic E-state index is 3.44. The van der Waals surface area contributed by atoms with E-state index in [1.807, 2.05) is 0 Å². The standard InChI is InChI=1S/C19H23N/c1-2-15-6-8-16(9-7-15)18-4-3-5-19(14-18)17-10-12-20-13-11-17/h3-9,14,17,20H,2,10-13H2,1H3. The fourth-order valence-electron chi connectivity index (χ4n) is 3.06. The Kier molecular flexibility index (Phi) is 4.17. The van der Waals surface area contributed by atoms with Crippen molar-refractivity contribution >= 4 is 0 Å². The minimum atomic E-state index is 0.728. The van der Waals surface area contributed by atoms with Gasteiger partial charge < -0.3 is 5.32 Å². The number of rotatable bonds is 3. The number of nitrogens with one attached hydrogen (secondary N) is 1. The first-order valence-electron chi connectivity index (χ1n) is 7.77. The highest BCUT2D eigenvalue weighted by Gasteiger charge is 2.15. The summed E-state index contributed by atoms with van der Waals surface area (Å²) >= 11 is 0. The Morgan fingerprint density at radius 2 is 1.70 bits per heavy atom. The summed E-state index contributed by atoms with van der Waals surface area (Å²) in [5.74, 6) is 0.728. The molecular formula is C19H23N. The van der Waals surface area contributed by atoms with Gasteiger partial charge in [0.1, 0.15) is 0 Å². The van der Waals surface area contributed by atoms with E-state index >= 15 is 0 Å². The molecular weight excluding hydrogens is 242 g/mol. The van der Waals surface area contributed by atoms with Crippen LogP contribution in [0, 0.1) is 0 Å². The lowest BCUT2D eigenvalue weighted by atomic mass is 9.88. The summed E-state index contributed by atoms with van der Waals surface area (Å²) in [4.78, 5) is 0. The molecule has 2 aromatic rings. The molecule has 1 nitrogen and oxygen atoms in total. The molecule has 1 heteroatoms. The van der Waals surface area contributed by atoms with Crippen LogP contribution in [-0.2, 0) is 6.42 Å². The maximum atomic E-state index is 3.44. The lowest BCUT2D eigenvalue weighted by Crippen LogP contribution is -2.26. The third-order valence-corrected chi connectivity index (χ3v) is 4.39. The summed E-state index contributed by atoms with van der Waals surface area (Å²) < 4.78 is 0. The minimum absolute atomic E-state index is 0.728. The Hall–Kier alpha value is -1.60. The highest BCUT2D eigenvalue weighted by molar-refractivity contribution is 5.64. The summed E-state index contributed by atoms with van der Waals surface area (Å²) in [5, 5.41) is 3.44. The van der Waals surface area contributed by atoms with Crippen LogP contribution >= 0.6 is 0 Å². The van der Waals surface area contributed by atoms with E-state index in [9.17, 15) is 0 Å². The summed E-state index contributed by atoms with van der Waals surface area (Å²) in [7, 11) is 0. The van der Waals surface area contributed by atoms with Crippen molar-refractivity contribution in [3.8, 4) is 11.1 Å². The van der Waals surface area contributed by atoms with Crippen molar-refractivity contribution < 1.29 is 0 Å². The van der Waals surface area contributed by atoms with E-state index in [1.165, 1.54) is 35.1 Å². The van der Waals surface area contributed by atoms with Gasteiger partial charge in [-0.3, -0.25) is 0 Å². The lowest BCUT2D eigenvalue weighted by Gasteiger charge is -2.23. The van der Waals surface area contributed by atoms with Crippen LogP contribution in [0.1, 0.15) is 36.8 Å². The van der Waals surface area contributed by atoms with Crippen LogP contribution in [-0.4, -0.2) is 13.1 Å². The quantitative estimate of drug-likeness (QED) is 0.868. The molecule has 0 bridgehead atoms. The average molecular weight is 265 g/mol. The molecule has 0 radical (unpaired) electrons. The second-order valence-corrected chi connectivity index (χ2v) is 5.70. The molecule has 1 fully saturated rings. The molecule has 1 heterocycles. The van der Waals surface area contributed by atoms with Gasteiger partial charge in [0.15, 0.2) is 0 Å². The van der Waals surface area contributed by atoms with Crippen molar-refractivity contribution in [2.24, 2.45) is 0 Å². The van der Waals surface area contributed by atoms with E-state index in [4.69, 9.17) is 0 Å². The molecule has 0 aliphatic carbocycles. The second kappa shape index (κ2) is 6.23. The number of aryl methyl sites for hydroxylation is 1. The van der Waals surface area contributed by atoms with Crippen LogP contribution in [0.4, 0.5) is 0 Å². The van der Waals surface area contributed by atoms with Crippen molar-refractivity contribution in [1.82, 2.24) is 5.32 Å². The van der Waals surface area contributed by atoms with Gasteiger partial charge in [0.05, 0.1) is 0 Å². The average Bonchev–Trinajstić information content (AvgIpc) is 2.56. The molecule has 0 amide bonds. The molecule has 1 saturated heterocycles. The summed E-state index contributed by atoms with van der Waals surface area (Å²) in [5.41, 5.74) is 5.59. The Balaban J connectivity index is 1.85. The van der Waals surface area contributed by atoms with E-state index in [-0.39, 0.29) is 0 Å². The Labute approximate surface area is 122 Å². The number of hydrogen-bond donors (Lipinski definition) is 1. The van der Waals surface area contributed by atoms with E-state index in [1.54, 1.807) is 0 Å². The Morgan fingerprint density at radius 1 is 0.950 bits per heavy atom. The normalized spacial score (nSPS) is 16.2. The van der Waals surface area contributed by atoms with Gasteiger partial charge >= 0.3 is 0 Å². The molecule has 0 saturated carbocycles. The van der Waals surface area contributed by atoms with Gasteiger partial charge in [0.25, 0.3) is 0 Å². The van der Waals surface area contributed by atoms with Crippen molar-refractivity contribution in [2.75, 3.05) is 13.1 Å². The number of benzene rings is 2. The summed E-state index contributed by atoms with van der Waals surface area (Å²) in [6, 6.07) is 18.1. The lowest BCUT2D eigenvalue weighted by molar-refractivity contribution is 0.460. The van der Waals surface area contributed by atoms with Crippen LogP contribution in [0.15, 0.2) is 48.5 Å². The van der Waals surface area contributed by atoms with Gasteiger partial charge in [-0.25, -0.2) is 0 Å².